The van der Waals surface area contributed by atoms with Gasteiger partial charge in [-0.2, -0.15) is 0 Å². The molecule has 1 atom stereocenters. The Labute approximate surface area is 109 Å². The van der Waals surface area contributed by atoms with Crippen LogP contribution in [-0.4, -0.2) is 26.0 Å². The molecule has 1 aromatic rings. The molecule has 0 spiro atoms. The van der Waals surface area contributed by atoms with E-state index < -0.39 is 0 Å². The van der Waals surface area contributed by atoms with Crippen LogP contribution in [0, 0.1) is 26.7 Å². The van der Waals surface area contributed by atoms with Crippen LogP contribution in [-0.2, 0) is 4.79 Å². The number of carbonyl (C=O) groups is 1. The first-order valence-electron chi connectivity index (χ1n) is 6.57. The highest BCUT2D eigenvalue weighted by molar-refractivity contribution is 5.95. The maximum atomic E-state index is 12.4. The third-order valence-corrected chi connectivity index (χ3v) is 3.91. The van der Waals surface area contributed by atoms with Gasteiger partial charge in [0.05, 0.1) is 5.92 Å². The first kappa shape index (κ1) is 13.1. The summed E-state index contributed by atoms with van der Waals surface area (Å²) in [7, 11) is 1.89. The number of aryl methyl sites for hydroxylation is 3. The smallest absolute Gasteiger partial charge is 0.231 e. The summed E-state index contributed by atoms with van der Waals surface area (Å²) in [6.45, 7) is 8.03. The van der Waals surface area contributed by atoms with Crippen molar-refractivity contribution < 1.29 is 4.79 Å². The van der Waals surface area contributed by atoms with Crippen LogP contribution in [0.4, 0.5) is 5.69 Å². The van der Waals surface area contributed by atoms with E-state index in [9.17, 15) is 4.79 Å². The number of nitrogens with one attached hydrogen (secondary N) is 1. The Morgan fingerprint density at radius 1 is 1.22 bits per heavy atom. The lowest BCUT2D eigenvalue weighted by molar-refractivity contribution is -0.121. The molecular formula is C15H22N2O. The Balaban J connectivity index is 2.25. The molecule has 18 heavy (non-hydrogen) atoms. The molecule has 0 aliphatic carbocycles. The lowest BCUT2D eigenvalue weighted by Gasteiger charge is -2.23. The van der Waals surface area contributed by atoms with Crippen molar-refractivity contribution >= 4 is 11.6 Å². The normalized spacial score (nSPS) is 19.0. The van der Waals surface area contributed by atoms with Crippen molar-refractivity contribution in [1.82, 2.24) is 5.32 Å². The molecule has 1 N–H and O–H groups in total. The summed E-state index contributed by atoms with van der Waals surface area (Å²) in [6.07, 6.45) is 0.951. The van der Waals surface area contributed by atoms with Gasteiger partial charge in [-0.05, 0) is 56.5 Å². The van der Waals surface area contributed by atoms with Crippen LogP contribution in [0.25, 0.3) is 0 Å². The Kier molecular flexibility index (Phi) is 3.71. The highest BCUT2D eigenvalue weighted by Crippen LogP contribution is 2.25. The van der Waals surface area contributed by atoms with Crippen LogP contribution < -0.4 is 10.2 Å². The van der Waals surface area contributed by atoms with Crippen LogP contribution in [0.15, 0.2) is 12.1 Å². The summed E-state index contributed by atoms with van der Waals surface area (Å²) in [5.74, 6) is 0.363. The Morgan fingerprint density at radius 3 is 2.50 bits per heavy atom. The molecule has 0 aromatic heterocycles. The van der Waals surface area contributed by atoms with E-state index in [2.05, 4.69) is 38.2 Å². The zero-order chi connectivity index (χ0) is 13.3. The zero-order valence-electron chi connectivity index (χ0n) is 11.7. The molecule has 0 bridgehead atoms. The molecule has 1 aromatic carbocycles. The van der Waals surface area contributed by atoms with Crippen LogP contribution in [0.3, 0.4) is 0 Å². The fraction of sp³-hybridized carbons (Fsp3) is 0.533. The summed E-state index contributed by atoms with van der Waals surface area (Å²) in [5.41, 5.74) is 4.72. The van der Waals surface area contributed by atoms with Gasteiger partial charge < -0.3 is 10.2 Å². The van der Waals surface area contributed by atoms with Gasteiger partial charge in [0.1, 0.15) is 0 Å². The van der Waals surface area contributed by atoms with Crippen LogP contribution in [0.5, 0.6) is 0 Å². The molecule has 1 aliphatic rings. The minimum absolute atomic E-state index is 0.135. The van der Waals surface area contributed by atoms with Crippen molar-refractivity contribution in [2.24, 2.45) is 5.92 Å². The minimum Gasteiger partial charge on any atom is -0.316 e. The largest absolute Gasteiger partial charge is 0.316 e. The van der Waals surface area contributed by atoms with Crippen LogP contribution >= 0.6 is 0 Å². The van der Waals surface area contributed by atoms with E-state index in [1.165, 1.54) is 16.7 Å². The summed E-state index contributed by atoms with van der Waals surface area (Å²) < 4.78 is 0. The second-order valence-corrected chi connectivity index (χ2v) is 5.31. The topological polar surface area (TPSA) is 32.3 Å². The number of benzene rings is 1. The third-order valence-electron chi connectivity index (χ3n) is 3.91. The van der Waals surface area contributed by atoms with E-state index in [4.69, 9.17) is 0 Å². The number of hydrogen-bond acceptors (Lipinski definition) is 2. The lowest BCUT2D eigenvalue weighted by Crippen LogP contribution is -2.34. The van der Waals surface area contributed by atoms with Gasteiger partial charge in [-0.15, -0.1) is 0 Å². The van der Waals surface area contributed by atoms with E-state index in [-0.39, 0.29) is 11.8 Å². The number of carbonyl (C=O) groups excluding carboxylic acids is 1. The first-order valence-corrected chi connectivity index (χ1v) is 6.57. The average Bonchev–Trinajstić information content (AvgIpc) is 2.85. The number of amides is 1. The summed E-state index contributed by atoms with van der Waals surface area (Å²) in [5, 5.41) is 3.25. The summed E-state index contributed by atoms with van der Waals surface area (Å²) >= 11 is 0. The van der Waals surface area contributed by atoms with Crippen molar-refractivity contribution in [2.45, 2.75) is 27.2 Å². The molecule has 1 heterocycles. The molecule has 1 unspecified atom stereocenters. The van der Waals surface area contributed by atoms with Crippen molar-refractivity contribution in [3.8, 4) is 0 Å². The molecule has 1 saturated heterocycles. The van der Waals surface area contributed by atoms with Gasteiger partial charge in [-0.3, -0.25) is 4.79 Å². The maximum absolute atomic E-state index is 12.4. The highest BCUT2D eigenvalue weighted by atomic mass is 16.2. The lowest BCUT2D eigenvalue weighted by atomic mass is 10.0. The fourth-order valence-corrected chi connectivity index (χ4v) is 2.56. The molecule has 3 nitrogen and oxygen atoms in total. The van der Waals surface area contributed by atoms with Gasteiger partial charge >= 0.3 is 0 Å². The van der Waals surface area contributed by atoms with Crippen LogP contribution in [0.1, 0.15) is 23.1 Å². The van der Waals surface area contributed by atoms with E-state index in [0.29, 0.717) is 0 Å². The Morgan fingerprint density at radius 2 is 1.89 bits per heavy atom. The molecule has 3 heteroatoms. The molecule has 0 saturated carbocycles. The Bertz CT molecular complexity index is 462. The Hall–Kier alpha value is -1.35. The van der Waals surface area contributed by atoms with Crippen molar-refractivity contribution in [2.75, 3.05) is 25.0 Å². The van der Waals surface area contributed by atoms with Gasteiger partial charge in [0.2, 0.25) is 5.91 Å². The van der Waals surface area contributed by atoms with E-state index in [0.717, 1.165) is 25.2 Å². The van der Waals surface area contributed by atoms with Gasteiger partial charge in [0.15, 0.2) is 0 Å². The maximum Gasteiger partial charge on any atom is 0.231 e. The second-order valence-electron chi connectivity index (χ2n) is 5.31. The quantitative estimate of drug-likeness (QED) is 0.867. The highest BCUT2D eigenvalue weighted by Gasteiger charge is 2.26. The van der Waals surface area contributed by atoms with Gasteiger partial charge in [-0.1, -0.05) is 6.07 Å². The fourth-order valence-electron chi connectivity index (χ4n) is 2.56. The zero-order valence-corrected chi connectivity index (χ0v) is 11.7. The number of rotatable bonds is 2. The monoisotopic (exact) mass is 246 g/mol. The van der Waals surface area contributed by atoms with E-state index >= 15 is 0 Å². The standard InChI is InChI=1S/C15H22N2O/c1-10-7-12(3)14(8-11(10)2)17(4)15(18)13-5-6-16-9-13/h7-8,13,16H,5-6,9H2,1-4H3. The molecule has 1 fully saturated rings. The van der Waals surface area contributed by atoms with Gasteiger partial charge in [0, 0.05) is 19.3 Å². The summed E-state index contributed by atoms with van der Waals surface area (Å²) in [6, 6.07) is 4.27. The SMILES string of the molecule is Cc1cc(C)c(N(C)C(=O)C2CCNC2)cc1C. The molecule has 1 amide bonds. The molecule has 0 radical (unpaired) electrons. The predicted molar refractivity (Wildman–Crippen MR) is 75.0 cm³/mol. The van der Waals surface area contributed by atoms with E-state index in [1.807, 2.05) is 11.9 Å². The molecule has 98 valence electrons. The van der Waals surface area contributed by atoms with Gasteiger partial charge in [-0.25, -0.2) is 0 Å². The van der Waals surface area contributed by atoms with Gasteiger partial charge in [0.25, 0.3) is 0 Å². The first-order chi connectivity index (χ1) is 8.50. The second kappa shape index (κ2) is 5.11. The number of hydrogen-bond donors (Lipinski definition) is 1. The van der Waals surface area contributed by atoms with Crippen molar-refractivity contribution in [1.29, 1.82) is 0 Å². The number of nitrogens with zero attached hydrogens (tertiary/aromatic N) is 1. The predicted octanol–water partition coefficient (Wildman–Crippen LogP) is 2.18. The molecule has 1 aliphatic heterocycles. The third kappa shape index (κ3) is 2.41. The minimum atomic E-state index is 0.135. The molecule has 2 rings (SSSR count). The van der Waals surface area contributed by atoms with Crippen molar-refractivity contribution in [3.63, 3.8) is 0 Å². The van der Waals surface area contributed by atoms with E-state index in [1.54, 1.807) is 0 Å². The van der Waals surface area contributed by atoms with Crippen molar-refractivity contribution in [3.05, 3.63) is 28.8 Å². The average molecular weight is 246 g/mol. The van der Waals surface area contributed by atoms with Crippen LogP contribution in [0.2, 0.25) is 0 Å². The summed E-state index contributed by atoms with van der Waals surface area (Å²) in [4.78, 5) is 14.2. The molecular weight excluding hydrogens is 224 g/mol. The number of anilines is 1.